The van der Waals surface area contributed by atoms with Gasteiger partial charge in [-0.3, -0.25) is 4.79 Å². The molecule has 1 aromatic carbocycles. The first-order valence-corrected chi connectivity index (χ1v) is 8.91. The van der Waals surface area contributed by atoms with Crippen LogP contribution in [0.15, 0.2) is 28.1 Å². The Morgan fingerprint density at radius 3 is 2.21 bits per heavy atom. The Bertz CT molecular complexity index is 691. The number of carbonyl (C=O) groups excluding carboxylic acids is 1. The second-order valence-corrected chi connectivity index (χ2v) is 7.10. The molecular formula is C17H20BrNO4S. The van der Waals surface area contributed by atoms with E-state index in [1.54, 1.807) is 56.7 Å². The molecule has 0 spiro atoms. The number of halogens is 1. The first kappa shape index (κ1) is 18.6. The van der Waals surface area contributed by atoms with E-state index in [9.17, 15) is 4.79 Å². The van der Waals surface area contributed by atoms with Crippen molar-refractivity contribution in [1.82, 2.24) is 4.90 Å². The number of likely N-dealkylation sites (N-methyl/N-ethyl adjacent to an activating group) is 1. The predicted octanol–water partition coefficient (Wildman–Crippen LogP) is 3.74. The molecule has 0 unspecified atom stereocenters. The van der Waals surface area contributed by atoms with Crippen molar-refractivity contribution in [1.29, 1.82) is 0 Å². The molecule has 0 bridgehead atoms. The number of methoxy groups -OCH3 is 3. The van der Waals surface area contributed by atoms with Gasteiger partial charge in [0.1, 0.15) is 0 Å². The molecule has 0 radical (unpaired) electrons. The summed E-state index contributed by atoms with van der Waals surface area (Å²) in [7, 11) is 6.47. The standard InChI is InChI=1S/C17H20BrNO4S/c1-19(9-13-8-12(18)10-24-13)16(20)7-11-5-14(21-2)17(23-4)15(6-11)22-3/h5-6,8,10H,7,9H2,1-4H3. The van der Waals surface area contributed by atoms with Gasteiger partial charge in [-0.25, -0.2) is 0 Å². The molecule has 0 saturated carbocycles. The van der Waals surface area contributed by atoms with E-state index < -0.39 is 0 Å². The van der Waals surface area contributed by atoms with Crippen LogP contribution in [0.25, 0.3) is 0 Å². The van der Waals surface area contributed by atoms with Crippen LogP contribution >= 0.6 is 27.3 Å². The first-order valence-electron chi connectivity index (χ1n) is 7.24. The molecule has 7 heteroatoms. The fourth-order valence-electron chi connectivity index (χ4n) is 2.31. The van der Waals surface area contributed by atoms with Crippen LogP contribution in [0, 0.1) is 0 Å². The molecule has 1 heterocycles. The van der Waals surface area contributed by atoms with Crippen LogP contribution in [-0.4, -0.2) is 39.2 Å². The minimum atomic E-state index is 0.0220. The third kappa shape index (κ3) is 4.42. The summed E-state index contributed by atoms with van der Waals surface area (Å²) in [6.07, 6.45) is 0.264. The second-order valence-electron chi connectivity index (χ2n) is 5.19. The smallest absolute Gasteiger partial charge is 0.227 e. The highest BCUT2D eigenvalue weighted by Crippen LogP contribution is 2.38. The topological polar surface area (TPSA) is 48.0 Å². The molecule has 5 nitrogen and oxygen atoms in total. The van der Waals surface area contributed by atoms with E-state index in [4.69, 9.17) is 14.2 Å². The fourth-order valence-corrected chi connectivity index (χ4v) is 3.81. The van der Waals surface area contributed by atoms with Crippen LogP contribution in [0.2, 0.25) is 0 Å². The lowest BCUT2D eigenvalue weighted by Crippen LogP contribution is -2.27. The van der Waals surface area contributed by atoms with Gasteiger partial charge in [0.25, 0.3) is 0 Å². The molecule has 130 valence electrons. The maximum atomic E-state index is 12.5. The molecule has 1 aromatic heterocycles. The van der Waals surface area contributed by atoms with Crippen LogP contribution in [0.3, 0.4) is 0 Å². The normalized spacial score (nSPS) is 10.4. The largest absolute Gasteiger partial charge is 0.493 e. The summed E-state index contributed by atoms with van der Waals surface area (Å²) in [5, 5.41) is 2.01. The van der Waals surface area contributed by atoms with Gasteiger partial charge < -0.3 is 19.1 Å². The molecule has 0 atom stereocenters. The first-order chi connectivity index (χ1) is 11.5. The van der Waals surface area contributed by atoms with Crippen molar-refractivity contribution >= 4 is 33.2 Å². The van der Waals surface area contributed by atoms with E-state index in [1.165, 1.54) is 0 Å². The summed E-state index contributed by atoms with van der Waals surface area (Å²) in [6.45, 7) is 0.583. The highest BCUT2D eigenvalue weighted by atomic mass is 79.9. The highest BCUT2D eigenvalue weighted by molar-refractivity contribution is 9.10. The lowest BCUT2D eigenvalue weighted by Gasteiger charge is -2.18. The van der Waals surface area contributed by atoms with Crippen molar-refractivity contribution in [3.05, 3.63) is 38.5 Å². The average Bonchev–Trinajstić information content (AvgIpc) is 2.98. The summed E-state index contributed by atoms with van der Waals surface area (Å²) in [5.41, 5.74) is 0.814. The Kier molecular flexibility index (Phi) is 6.51. The maximum Gasteiger partial charge on any atom is 0.227 e. The molecule has 0 saturated heterocycles. The number of ether oxygens (including phenoxy) is 3. The van der Waals surface area contributed by atoms with Crippen LogP contribution < -0.4 is 14.2 Å². The Hall–Kier alpha value is -1.73. The molecular weight excluding hydrogens is 394 g/mol. The van der Waals surface area contributed by atoms with Crippen molar-refractivity contribution in [2.75, 3.05) is 28.4 Å². The maximum absolute atomic E-state index is 12.5. The van der Waals surface area contributed by atoms with Gasteiger partial charge >= 0.3 is 0 Å². The average molecular weight is 414 g/mol. The van der Waals surface area contributed by atoms with Crippen molar-refractivity contribution in [3.63, 3.8) is 0 Å². The molecule has 0 N–H and O–H groups in total. The van der Waals surface area contributed by atoms with Crippen LogP contribution in [0.4, 0.5) is 0 Å². The number of thiophene rings is 1. The Morgan fingerprint density at radius 2 is 1.75 bits per heavy atom. The van der Waals surface area contributed by atoms with E-state index in [-0.39, 0.29) is 12.3 Å². The third-order valence-electron chi connectivity index (χ3n) is 3.52. The van der Waals surface area contributed by atoms with Gasteiger partial charge in [0.05, 0.1) is 34.3 Å². The molecule has 1 amide bonds. The number of nitrogens with zero attached hydrogens (tertiary/aromatic N) is 1. The Morgan fingerprint density at radius 1 is 1.12 bits per heavy atom. The lowest BCUT2D eigenvalue weighted by molar-refractivity contribution is -0.129. The quantitative estimate of drug-likeness (QED) is 0.693. The zero-order chi connectivity index (χ0) is 17.7. The van der Waals surface area contributed by atoms with E-state index in [1.807, 2.05) is 11.4 Å². The fraction of sp³-hybridized carbons (Fsp3) is 0.353. The number of benzene rings is 1. The number of amides is 1. The lowest BCUT2D eigenvalue weighted by atomic mass is 10.1. The molecule has 0 aliphatic heterocycles. The van der Waals surface area contributed by atoms with Crippen molar-refractivity contribution < 1.29 is 19.0 Å². The summed E-state index contributed by atoms with van der Waals surface area (Å²) in [5.74, 6) is 1.63. The SMILES string of the molecule is COc1cc(CC(=O)N(C)Cc2cc(Br)cs2)cc(OC)c1OC. The number of hydrogen-bond donors (Lipinski definition) is 0. The van der Waals surface area contributed by atoms with E-state index >= 15 is 0 Å². The van der Waals surface area contributed by atoms with Crippen LogP contribution in [0.1, 0.15) is 10.4 Å². The minimum Gasteiger partial charge on any atom is -0.493 e. The highest BCUT2D eigenvalue weighted by Gasteiger charge is 2.17. The minimum absolute atomic E-state index is 0.0220. The molecule has 0 aliphatic rings. The van der Waals surface area contributed by atoms with Gasteiger partial charge in [-0.05, 0) is 39.7 Å². The van der Waals surface area contributed by atoms with Gasteiger partial charge in [0.2, 0.25) is 11.7 Å². The number of hydrogen-bond acceptors (Lipinski definition) is 5. The summed E-state index contributed by atoms with van der Waals surface area (Å²) in [4.78, 5) is 15.3. The van der Waals surface area contributed by atoms with Crippen molar-refractivity contribution in [2.24, 2.45) is 0 Å². The molecule has 0 fully saturated rings. The van der Waals surface area contributed by atoms with E-state index in [0.29, 0.717) is 23.8 Å². The van der Waals surface area contributed by atoms with Gasteiger partial charge in [-0.15, -0.1) is 11.3 Å². The summed E-state index contributed by atoms with van der Waals surface area (Å²) in [6, 6.07) is 5.62. The predicted molar refractivity (Wildman–Crippen MR) is 98.3 cm³/mol. The Labute approximate surface area is 154 Å². The van der Waals surface area contributed by atoms with Gasteiger partial charge in [-0.1, -0.05) is 0 Å². The van der Waals surface area contributed by atoms with Crippen molar-refractivity contribution in [2.45, 2.75) is 13.0 Å². The van der Waals surface area contributed by atoms with Crippen LogP contribution in [-0.2, 0) is 17.8 Å². The molecule has 0 aliphatic carbocycles. The number of carbonyl (C=O) groups is 1. The van der Waals surface area contributed by atoms with E-state index in [2.05, 4.69) is 15.9 Å². The zero-order valence-electron chi connectivity index (χ0n) is 14.1. The van der Waals surface area contributed by atoms with Gasteiger partial charge in [-0.2, -0.15) is 0 Å². The summed E-state index contributed by atoms with van der Waals surface area (Å²) >= 11 is 5.05. The van der Waals surface area contributed by atoms with Gasteiger partial charge in [0.15, 0.2) is 11.5 Å². The second kappa shape index (κ2) is 8.39. The van der Waals surface area contributed by atoms with Crippen molar-refractivity contribution in [3.8, 4) is 17.2 Å². The summed E-state index contributed by atoms with van der Waals surface area (Å²) < 4.78 is 17.0. The van der Waals surface area contributed by atoms with Gasteiger partial charge in [0, 0.05) is 21.8 Å². The molecule has 2 rings (SSSR count). The zero-order valence-corrected chi connectivity index (χ0v) is 16.5. The Balaban J connectivity index is 2.13. The molecule has 2 aromatic rings. The monoisotopic (exact) mass is 413 g/mol. The molecule has 24 heavy (non-hydrogen) atoms. The van der Waals surface area contributed by atoms with E-state index in [0.717, 1.165) is 14.9 Å². The number of rotatable bonds is 7. The van der Waals surface area contributed by atoms with Crippen LogP contribution in [0.5, 0.6) is 17.2 Å². The third-order valence-corrected chi connectivity index (χ3v) is 5.20.